The fourth-order valence-electron chi connectivity index (χ4n) is 5.36. The van der Waals surface area contributed by atoms with Crippen LogP contribution in [0.4, 0.5) is 11.4 Å². The van der Waals surface area contributed by atoms with Gasteiger partial charge in [-0.2, -0.15) is 0 Å². The maximum Gasteiger partial charge on any atom is 0.326 e. The highest BCUT2D eigenvalue weighted by Gasteiger charge is 2.23. The molecule has 2 N–H and O–H groups in total. The van der Waals surface area contributed by atoms with E-state index in [9.17, 15) is 4.79 Å². The van der Waals surface area contributed by atoms with E-state index in [4.69, 9.17) is 4.74 Å². The second-order valence-electron chi connectivity index (χ2n) is 9.72. The molecule has 7 heteroatoms. The number of benzene rings is 3. The predicted molar refractivity (Wildman–Crippen MR) is 149 cm³/mol. The van der Waals surface area contributed by atoms with Gasteiger partial charge in [0.25, 0.3) is 0 Å². The van der Waals surface area contributed by atoms with Gasteiger partial charge < -0.3 is 15.0 Å². The number of fused-ring (bicyclic) bond motifs is 2. The normalized spacial score (nSPS) is 14.8. The molecular formula is C30H31N5O2. The molecule has 6 rings (SSSR count). The zero-order valence-electron chi connectivity index (χ0n) is 21.0. The van der Waals surface area contributed by atoms with Gasteiger partial charge in [-0.1, -0.05) is 36.4 Å². The summed E-state index contributed by atoms with van der Waals surface area (Å²) in [5.41, 5.74) is 5.88. The summed E-state index contributed by atoms with van der Waals surface area (Å²) in [6.45, 7) is 5.41. The molecule has 0 aliphatic carbocycles. The Hall–Kier alpha value is -4.10. The first-order chi connectivity index (χ1) is 18.1. The van der Waals surface area contributed by atoms with E-state index in [0.717, 1.165) is 77.2 Å². The van der Waals surface area contributed by atoms with E-state index >= 15 is 0 Å². The molecular weight excluding hydrogens is 462 g/mol. The summed E-state index contributed by atoms with van der Waals surface area (Å²) in [5, 5.41) is 4.64. The maximum absolute atomic E-state index is 12.5. The first-order valence-electron chi connectivity index (χ1n) is 12.9. The van der Waals surface area contributed by atoms with Crippen LogP contribution in [-0.4, -0.2) is 45.7 Å². The minimum atomic E-state index is -0.00796. The zero-order chi connectivity index (χ0) is 25.2. The summed E-state index contributed by atoms with van der Waals surface area (Å²) in [4.78, 5) is 22.6. The molecule has 1 aliphatic heterocycles. The van der Waals surface area contributed by atoms with Crippen molar-refractivity contribution in [3.63, 3.8) is 0 Å². The molecule has 0 spiro atoms. The molecule has 1 fully saturated rings. The molecule has 7 nitrogen and oxygen atoms in total. The van der Waals surface area contributed by atoms with Gasteiger partial charge in [-0.15, -0.1) is 0 Å². The van der Waals surface area contributed by atoms with E-state index in [1.54, 1.807) is 0 Å². The van der Waals surface area contributed by atoms with Gasteiger partial charge in [0.1, 0.15) is 12.4 Å². The molecule has 3 heterocycles. The Kier molecular flexibility index (Phi) is 6.37. The summed E-state index contributed by atoms with van der Waals surface area (Å²) < 4.78 is 8.06. The van der Waals surface area contributed by atoms with Crippen molar-refractivity contribution in [2.24, 2.45) is 0 Å². The third-order valence-corrected chi connectivity index (χ3v) is 7.18. The van der Waals surface area contributed by atoms with Gasteiger partial charge in [0.05, 0.1) is 16.6 Å². The van der Waals surface area contributed by atoms with Gasteiger partial charge in [0, 0.05) is 54.2 Å². The molecule has 5 aromatic rings. The summed E-state index contributed by atoms with van der Waals surface area (Å²) >= 11 is 0. The van der Waals surface area contributed by atoms with Crippen molar-refractivity contribution >= 4 is 33.3 Å². The number of nitrogens with one attached hydrogen (secondary N) is 2. The number of aromatic nitrogens is 3. The largest absolute Gasteiger partial charge is 0.492 e. The van der Waals surface area contributed by atoms with Crippen molar-refractivity contribution < 1.29 is 4.74 Å². The number of nitrogens with zero attached hydrogens (tertiary/aromatic N) is 3. The number of pyridine rings is 1. The lowest BCUT2D eigenvalue weighted by Crippen LogP contribution is -2.38. The first kappa shape index (κ1) is 23.3. The topological polar surface area (TPSA) is 75.2 Å². The van der Waals surface area contributed by atoms with Crippen molar-refractivity contribution in [1.29, 1.82) is 0 Å². The van der Waals surface area contributed by atoms with Gasteiger partial charge in [-0.3, -0.25) is 14.5 Å². The number of aromatic amines is 1. The van der Waals surface area contributed by atoms with Crippen LogP contribution in [-0.2, 0) is 0 Å². The predicted octanol–water partition coefficient (Wildman–Crippen LogP) is 5.65. The number of hydrogen-bond donors (Lipinski definition) is 2. The Balaban J connectivity index is 1.04. The molecule has 0 saturated carbocycles. The third-order valence-electron chi connectivity index (χ3n) is 7.18. The third kappa shape index (κ3) is 4.95. The van der Waals surface area contributed by atoms with Crippen molar-refractivity contribution in [1.82, 2.24) is 19.4 Å². The van der Waals surface area contributed by atoms with E-state index in [2.05, 4.69) is 38.4 Å². The zero-order valence-corrected chi connectivity index (χ0v) is 21.0. The highest BCUT2D eigenvalue weighted by atomic mass is 16.5. The van der Waals surface area contributed by atoms with Crippen molar-refractivity contribution in [3.8, 4) is 5.75 Å². The fraction of sp³-hybridized carbons (Fsp3) is 0.267. The standard InChI is InChI=1S/C30H31N5O2/c1-21-19-28(25-9-2-3-10-26(25)31-21)32-22-7-6-8-24(20-22)37-18-17-34-15-13-23(14-16-34)35-29-12-5-4-11-27(29)33-30(35)36/h2-12,19-20,23H,13-18H2,1H3,(H,31,32)(H,33,36). The number of para-hydroxylation sites is 3. The molecule has 0 unspecified atom stereocenters. The molecule has 0 amide bonds. The van der Waals surface area contributed by atoms with E-state index in [1.807, 2.05) is 72.2 Å². The summed E-state index contributed by atoms with van der Waals surface area (Å²) in [6.07, 6.45) is 1.92. The Bertz CT molecular complexity index is 1600. The number of H-pyrrole nitrogens is 1. The number of hydrogen-bond acceptors (Lipinski definition) is 5. The van der Waals surface area contributed by atoms with Crippen molar-refractivity contribution in [3.05, 3.63) is 95.0 Å². The summed E-state index contributed by atoms with van der Waals surface area (Å²) in [7, 11) is 0. The van der Waals surface area contributed by atoms with Crippen LogP contribution in [0.25, 0.3) is 21.9 Å². The van der Waals surface area contributed by atoms with E-state index in [-0.39, 0.29) is 11.7 Å². The van der Waals surface area contributed by atoms with Crippen molar-refractivity contribution in [2.75, 3.05) is 31.6 Å². The second kappa shape index (κ2) is 10.1. The van der Waals surface area contributed by atoms with Crippen LogP contribution < -0.4 is 15.7 Å². The van der Waals surface area contributed by atoms with E-state index in [0.29, 0.717) is 6.61 Å². The lowest BCUT2D eigenvalue weighted by molar-refractivity contribution is 0.157. The van der Waals surface area contributed by atoms with Crippen LogP contribution in [0.3, 0.4) is 0 Å². The minimum absolute atomic E-state index is 0.00796. The van der Waals surface area contributed by atoms with Crippen LogP contribution >= 0.6 is 0 Å². The Morgan fingerprint density at radius 3 is 2.70 bits per heavy atom. The molecule has 0 bridgehead atoms. The van der Waals surface area contributed by atoms with Gasteiger partial charge in [-0.25, -0.2) is 4.79 Å². The highest BCUT2D eigenvalue weighted by molar-refractivity contribution is 5.93. The summed E-state index contributed by atoms with van der Waals surface area (Å²) in [5.74, 6) is 0.848. The number of aryl methyl sites for hydroxylation is 1. The number of imidazole rings is 1. The molecule has 0 atom stereocenters. The monoisotopic (exact) mass is 493 g/mol. The average Bonchev–Trinajstić information content (AvgIpc) is 3.25. The molecule has 1 saturated heterocycles. The lowest BCUT2D eigenvalue weighted by atomic mass is 10.0. The molecule has 3 aromatic carbocycles. The van der Waals surface area contributed by atoms with Gasteiger partial charge in [-0.05, 0) is 56.2 Å². The van der Waals surface area contributed by atoms with Gasteiger partial charge >= 0.3 is 5.69 Å². The SMILES string of the molecule is Cc1cc(Nc2cccc(OCCN3CCC(n4c(=O)[nH]c5ccccc54)CC3)c2)c2ccccc2n1. The number of rotatable bonds is 7. The quantitative estimate of drug-likeness (QED) is 0.307. The van der Waals surface area contributed by atoms with Crippen molar-refractivity contribution in [2.45, 2.75) is 25.8 Å². The molecule has 37 heavy (non-hydrogen) atoms. The van der Waals surface area contributed by atoms with Gasteiger partial charge in [0.15, 0.2) is 0 Å². The summed E-state index contributed by atoms with van der Waals surface area (Å²) in [6, 6.07) is 26.5. The minimum Gasteiger partial charge on any atom is -0.492 e. The smallest absolute Gasteiger partial charge is 0.326 e. The Morgan fingerprint density at radius 2 is 1.81 bits per heavy atom. The van der Waals surface area contributed by atoms with Crippen LogP contribution in [0.5, 0.6) is 5.75 Å². The Morgan fingerprint density at radius 1 is 1.00 bits per heavy atom. The second-order valence-corrected chi connectivity index (χ2v) is 9.72. The highest BCUT2D eigenvalue weighted by Crippen LogP contribution is 2.28. The van der Waals surface area contributed by atoms with Crippen LogP contribution in [0.15, 0.2) is 83.7 Å². The Labute approximate surface area is 215 Å². The number of piperidine rings is 1. The maximum atomic E-state index is 12.5. The van der Waals surface area contributed by atoms with E-state index < -0.39 is 0 Å². The van der Waals surface area contributed by atoms with Crippen LogP contribution in [0, 0.1) is 6.92 Å². The fourth-order valence-corrected chi connectivity index (χ4v) is 5.36. The molecule has 188 valence electrons. The first-order valence-corrected chi connectivity index (χ1v) is 12.9. The van der Waals surface area contributed by atoms with Gasteiger partial charge in [0.2, 0.25) is 0 Å². The van der Waals surface area contributed by atoms with E-state index in [1.165, 1.54) is 0 Å². The lowest BCUT2D eigenvalue weighted by Gasteiger charge is -2.32. The number of likely N-dealkylation sites (tertiary alicyclic amines) is 1. The molecule has 2 aromatic heterocycles. The molecule has 0 radical (unpaired) electrons. The van der Waals surface area contributed by atoms with Crippen LogP contribution in [0.1, 0.15) is 24.6 Å². The van der Waals surface area contributed by atoms with Crippen LogP contribution in [0.2, 0.25) is 0 Å². The average molecular weight is 494 g/mol. The molecule has 1 aliphatic rings. The number of anilines is 2. The number of ether oxygens (including phenoxy) is 1.